The predicted molar refractivity (Wildman–Crippen MR) is 111 cm³/mol. The summed E-state index contributed by atoms with van der Waals surface area (Å²) in [6.45, 7) is -0.166. The molecule has 0 heterocycles. The van der Waals surface area contributed by atoms with Crippen LogP contribution in [0.3, 0.4) is 0 Å². The number of rotatable bonds is 5. The number of nitrogens with zero attached hydrogens (tertiary/aromatic N) is 1. The lowest BCUT2D eigenvalue weighted by molar-refractivity contribution is -0.384. The topological polar surface area (TPSA) is 98.5 Å². The summed E-state index contributed by atoms with van der Waals surface area (Å²) in [5, 5.41) is 12.7. The van der Waals surface area contributed by atoms with Crippen LogP contribution in [0.1, 0.15) is 15.9 Å². The smallest absolute Gasteiger partial charge is 0.420 e. The molecule has 0 saturated carbocycles. The third-order valence-corrected chi connectivity index (χ3v) is 4.02. The van der Waals surface area contributed by atoms with Crippen LogP contribution >= 0.6 is 11.6 Å². The molecule has 0 aromatic heterocycles. The molecule has 1 amide bonds. The summed E-state index contributed by atoms with van der Waals surface area (Å²) in [5.74, 6) is -1.72. The molecule has 0 spiro atoms. The maximum absolute atomic E-state index is 12.9. The number of non-ortho nitro benzene ring substituents is 1. The third kappa shape index (κ3) is 6.81. The number of halogens is 4. The fraction of sp³-hybridized carbons (Fsp3) is 0.0476. The number of nitro benzene ring substituents is 1. The molecule has 0 aliphatic rings. The zero-order chi connectivity index (χ0) is 23.7. The molecule has 0 fully saturated rings. The van der Waals surface area contributed by atoms with Gasteiger partial charge in [0, 0.05) is 22.8 Å². The molecule has 1 N–H and O–H groups in total. The predicted octanol–water partition coefficient (Wildman–Crippen LogP) is 5.74. The van der Waals surface area contributed by atoms with Crippen LogP contribution in [0, 0.1) is 10.1 Å². The van der Waals surface area contributed by atoms with E-state index in [-0.39, 0.29) is 17.8 Å². The normalized spacial score (nSPS) is 10.4. The number of alkyl halides is 3. The Hall–Kier alpha value is -3.92. The Labute approximate surface area is 184 Å². The van der Waals surface area contributed by atoms with Crippen molar-refractivity contribution in [2.24, 2.45) is 0 Å². The van der Waals surface area contributed by atoms with E-state index < -0.39 is 33.9 Å². The lowest BCUT2D eigenvalue weighted by atomic mass is 10.1. The second-order valence-corrected chi connectivity index (χ2v) is 6.39. The van der Waals surface area contributed by atoms with Crippen LogP contribution in [-0.4, -0.2) is 17.3 Å². The van der Waals surface area contributed by atoms with Crippen LogP contribution in [0.5, 0.6) is 5.75 Å². The lowest BCUT2D eigenvalue weighted by Gasteiger charge is -2.14. The summed E-state index contributed by atoms with van der Waals surface area (Å²) in [4.78, 5) is 32.3. The molecule has 0 aliphatic heterocycles. The SMILES string of the molecule is O=COc1c(C(=O)Nc2cccc(Cl)c2)cccc1C(F)(F)F.O=[N+]([O-])c1ccccc1. The molecule has 11 heteroatoms. The summed E-state index contributed by atoms with van der Waals surface area (Å²) >= 11 is 5.77. The summed E-state index contributed by atoms with van der Waals surface area (Å²) in [6.07, 6.45) is -4.77. The summed E-state index contributed by atoms with van der Waals surface area (Å²) in [7, 11) is 0. The number of nitro groups is 1. The molecule has 0 atom stereocenters. The molecular formula is C21H14ClF3N2O5. The van der Waals surface area contributed by atoms with Crippen molar-refractivity contribution in [1.82, 2.24) is 0 Å². The van der Waals surface area contributed by atoms with Crippen molar-refractivity contribution in [3.05, 3.63) is 99.1 Å². The quantitative estimate of drug-likeness (QED) is 0.293. The Morgan fingerprint density at radius 3 is 2.22 bits per heavy atom. The summed E-state index contributed by atoms with van der Waals surface area (Å²) in [5.41, 5.74) is -1.22. The average Bonchev–Trinajstić information content (AvgIpc) is 2.74. The number of ether oxygens (including phenoxy) is 1. The third-order valence-electron chi connectivity index (χ3n) is 3.78. The van der Waals surface area contributed by atoms with Crippen molar-refractivity contribution in [2.45, 2.75) is 6.18 Å². The maximum Gasteiger partial charge on any atom is 0.420 e. The van der Waals surface area contributed by atoms with Crippen molar-refractivity contribution in [3.8, 4) is 5.75 Å². The number of hydrogen-bond donors (Lipinski definition) is 1. The van der Waals surface area contributed by atoms with Gasteiger partial charge in [0.15, 0.2) is 5.75 Å². The highest BCUT2D eigenvalue weighted by Crippen LogP contribution is 2.38. The van der Waals surface area contributed by atoms with Crippen molar-refractivity contribution in [3.63, 3.8) is 0 Å². The molecule has 3 aromatic rings. The number of nitrogens with one attached hydrogen (secondary N) is 1. The minimum atomic E-state index is -4.77. The van der Waals surface area contributed by atoms with E-state index in [0.29, 0.717) is 5.02 Å². The molecule has 3 rings (SSSR count). The van der Waals surface area contributed by atoms with Gasteiger partial charge in [0.1, 0.15) is 0 Å². The monoisotopic (exact) mass is 466 g/mol. The van der Waals surface area contributed by atoms with Gasteiger partial charge in [-0.15, -0.1) is 0 Å². The van der Waals surface area contributed by atoms with Gasteiger partial charge >= 0.3 is 6.18 Å². The van der Waals surface area contributed by atoms with E-state index in [9.17, 15) is 32.9 Å². The minimum absolute atomic E-state index is 0.137. The van der Waals surface area contributed by atoms with Gasteiger partial charge in [-0.1, -0.05) is 41.9 Å². The Balaban J connectivity index is 0.000000336. The largest absolute Gasteiger partial charge is 0.427 e. The number of anilines is 1. The van der Waals surface area contributed by atoms with E-state index in [1.165, 1.54) is 24.3 Å². The second-order valence-electron chi connectivity index (χ2n) is 5.95. The number of hydrogen-bond acceptors (Lipinski definition) is 5. The van der Waals surface area contributed by atoms with Crippen molar-refractivity contribution >= 4 is 35.4 Å². The van der Waals surface area contributed by atoms with Gasteiger partial charge in [0.05, 0.1) is 16.1 Å². The average molecular weight is 467 g/mol. The molecule has 166 valence electrons. The van der Waals surface area contributed by atoms with Crippen LogP contribution in [0.25, 0.3) is 0 Å². The van der Waals surface area contributed by atoms with Crippen LogP contribution in [0.4, 0.5) is 24.5 Å². The van der Waals surface area contributed by atoms with Crippen LogP contribution in [0.2, 0.25) is 5.02 Å². The van der Waals surface area contributed by atoms with E-state index in [2.05, 4.69) is 10.1 Å². The molecule has 0 radical (unpaired) electrons. The first-order chi connectivity index (χ1) is 15.1. The molecule has 0 unspecified atom stereocenters. The minimum Gasteiger partial charge on any atom is -0.427 e. The van der Waals surface area contributed by atoms with Gasteiger partial charge in [-0.25, -0.2) is 0 Å². The Kier molecular flexibility index (Phi) is 8.31. The second kappa shape index (κ2) is 10.9. The molecule has 0 saturated heterocycles. The fourth-order valence-electron chi connectivity index (χ4n) is 2.43. The molecular weight excluding hydrogens is 453 g/mol. The van der Waals surface area contributed by atoms with E-state index in [4.69, 9.17) is 11.6 Å². The van der Waals surface area contributed by atoms with Gasteiger partial charge in [0.2, 0.25) is 0 Å². The molecule has 7 nitrogen and oxygen atoms in total. The van der Waals surface area contributed by atoms with Crippen molar-refractivity contribution < 1.29 is 32.4 Å². The van der Waals surface area contributed by atoms with Gasteiger partial charge in [-0.05, 0) is 30.3 Å². The number of para-hydroxylation sites is 2. The first-order valence-electron chi connectivity index (χ1n) is 8.70. The number of amides is 1. The van der Waals surface area contributed by atoms with Crippen LogP contribution in [-0.2, 0) is 11.0 Å². The van der Waals surface area contributed by atoms with Crippen molar-refractivity contribution in [2.75, 3.05) is 5.32 Å². The number of carbonyl (C=O) groups excluding carboxylic acids is 2. The Morgan fingerprint density at radius 2 is 1.69 bits per heavy atom. The van der Waals surface area contributed by atoms with E-state index in [0.717, 1.165) is 18.2 Å². The molecule has 0 bridgehead atoms. The van der Waals surface area contributed by atoms with Gasteiger partial charge in [-0.2, -0.15) is 13.2 Å². The van der Waals surface area contributed by atoms with Gasteiger partial charge in [-0.3, -0.25) is 19.7 Å². The zero-order valence-corrected chi connectivity index (χ0v) is 16.8. The number of carbonyl (C=O) groups is 2. The number of benzene rings is 3. The first kappa shape index (κ1) is 24.4. The highest BCUT2D eigenvalue weighted by molar-refractivity contribution is 6.31. The van der Waals surface area contributed by atoms with E-state index in [1.807, 2.05) is 0 Å². The summed E-state index contributed by atoms with van der Waals surface area (Å²) in [6, 6.07) is 16.9. The molecule has 32 heavy (non-hydrogen) atoms. The maximum atomic E-state index is 12.9. The zero-order valence-electron chi connectivity index (χ0n) is 16.0. The highest BCUT2D eigenvalue weighted by atomic mass is 35.5. The fourth-order valence-corrected chi connectivity index (χ4v) is 2.62. The van der Waals surface area contributed by atoms with Gasteiger partial charge in [0.25, 0.3) is 18.1 Å². The molecule has 0 aliphatic carbocycles. The highest BCUT2D eigenvalue weighted by Gasteiger charge is 2.36. The molecule has 3 aromatic carbocycles. The summed E-state index contributed by atoms with van der Waals surface area (Å²) < 4.78 is 43.2. The van der Waals surface area contributed by atoms with Crippen LogP contribution in [0.15, 0.2) is 72.8 Å². The standard InChI is InChI=1S/C15H9ClF3NO3.C6H5NO2/c16-9-3-1-4-10(7-9)20-14(22)11-5-2-6-12(15(17,18)19)13(11)23-8-21;8-7(9)6-4-2-1-3-5-6/h1-8H,(H,20,22);1-5H. The first-order valence-corrected chi connectivity index (χ1v) is 9.08. The van der Waals surface area contributed by atoms with E-state index >= 15 is 0 Å². The Morgan fingerprint density at radius 1 is 1.03 bits per heavy atom. The van der Waals surface area contributed by atoms with Crippen molar-refractivity contribution in [1.29, 1.82) is 0 Å². The van der Waals surface area contributed by atoms with Crippen LogP contribution < -0.4 is 10.1 Å². The van der Waals surface area contributed by atoms with Gasteiger partial charge < -0.3 is 10.1 Å². The Bertz CT molecular complexity index is 1110. The lowest BCUT2D eigenvalue weighted by Crippen LogP contribution is -2.17. The van der Waals surface area contributed by atoms with E-state index in [1.54, 1.807) is 30.3 Å².